The van der Waals surface area contributed by atoms with E-state index in [0.717, 1.165) is 12.3 Å². The van der Waals surface area contributed by atoms with Gasteiger partial charge in [-0.1, -0.05) is 0 Å². The second kappa shape index (κ2) is 5.60. The molecule has 0 saturated carbocycles. The summed E-state index contributed by atoms with van der Waals surface area (Å²) in [5.41, 5.74) is 0. The molecule has 0 amide bonds. The predicted octanol–water partition coefficient (Wildman–Crippen LogP) is 1.09. The molecular weight excluding hydrogens is 118 g/mol. The van der Waals surface area contributed by atoms with Gasteiger partial charge in [0.05, 0.1) is 0 Å². The third-order valence-corrected chi connectivity index (χ3v) is 1.20. The standard InChI is InChI=1S/C3H8ClNS/c1-6-3-2-5-4/h5H,2-3H2,1H3. The highest BCUT2D eigenvalue weighted by Gasteiger charge is 1.74. The maximum Gasteiger partial charge on any atom is 0.0199 e. The first-order valence-corrected chi connectivity index (χ1v) is 3.51. The summed E-state index contributed by atoms with van der Waals surface area (Å²) in [5, 5.41) is 0. The first kappa shape index (κ1) is 6.60. The van der Waals surface area contributed by atoms with Crippen LogP contribution in [0, 0.1) is 0 Å². The molecule has 0 fully saturated rings. The first-order chi connectivity index (χ1) is 2.91. The van der Waals surface area contributed by atoms with Crippen LogP contribution in [0.4, 0.5) is 0 Å². The third kappa shape index (κ3) is 4.60. The van der Waals surface area contributed by atoms with Crippen LogP contribution in [0.25, 0.3) is 0 Å². The molecule has 0 aromatic heterocycles. The fourth-order valence-corrected chi connectivity index (χ4v) is 0.653. The van der Waals surface area contributed by atoms with Crippen molar-refractivity contribution in [2.75, 3.05) is 18.6 Å². The van der Waals surface area contributed by atoms with Crippen LogP contribution in [0.15, 0.2) is 0 Å². The van der Waals surface area contributed by atoms with E-state index in [1.807, 2.05) is 6.26 Å². The maximum absolute atomic E-state index is 5.12. The Balaban J connectivity index is 2.34. The molecule has 3 heteroatoms. The van der Waals surface area contributed by atoms with E-state index in [9.17, 15) is 0 Å². The van der Waals surface area contributed by atoms with Gasteiger partial charge in [-0.05, 0) is 18.0 Å². The second-order valence-electron chi connectivity index (χ2n) is 0.876. The van der Waals surface area contributed by atoms with Crippen molar-refractivity contribution in [2.45, 2.75) is 0 Å². The van der Waals surface area contributed by atoms with Crippen LogP contribution in [-0.2, 0) is 0 Å². The number of nitrogens with one attached hydrogen (secondary N) is 1. The number of rotatable bonds is 3. The van der Waals surface area contributed by atoms with Crippen LogP contribution < -0.4 is 4.84 Å². The molecule has 0 aliphatic carbocycles. The third-order valence-electron chi connectivity index (χ3n) is 0.401. The topological polar surface area (TPSA) is 12.0 Å². The zero-order chi connectivity index (χ0) is 4.83. The number of thioether (sulfide) groups is 1. The highest BCUT2D eigenvalue weighted by Crippen LogP contribution is 1.86. The molecule has 0 aromatic rings. The fraction of sp³-hybridized carbons (Fsp3) is 1.00. The molecule has 0 heterocycles. The smallest absolute Gasteiger partial charge is 0.0199 e. The lowest BCUT2D eigenvalue weighted by atomic mass is 10.8. The van der Waals surface area contributed by atoms with Gasteiger partial charge in [0, 0.05) is 12.3 Å². The van der Waals surface area contributed by atoms with E-state index < -0.39 is 0 Å². The summed E-state index contributed by atoms with van der Waals surface area (Å²) in [6.07, 6.45) is 2.05. The number of hydrogen-bond donors (Lipinski definition) is 1. The highest BCUT2D eigenvalue weighted by atomic mass is 35.5. The quantitative estimate of drug-likeness (QED) is 0.448. The Morgan fingerprint density at radius 2 is 2.50 bits per heavy atom. The molecule has 1 N–H and O–H groups in total. The zero-order valence-electron chi connectivity index (χ0n) is 3.70. The predicted molar refractivity (Wildman–Crippen MR) is 32.2 cm³/mol. The van der Waals surface area contributed by atoms with E-state index in [0.29, 0.717) is 0 Å². The van der Waals surface area contributed by atoms with Crippen molar-refractivity contribution in [2.24, 2.45) is 0 Å². The molecule has 6 heavy (non-hydrogen) atoms. The minimum Gasteiger partial charge on any atom is -0.233 e. The summed E-state index contributed by atoms with van der Waals surface area (Å²) in [4.78, 5) is 2.52. The van der Waals surface area contributed by atoms with Gasteiger partial charge >= 0.3 is 0 Å². The van der Waals surface area contributed by atoms with Gasteiger partial charge in [0.15, 0.2) is 0 Å². The lowest BCUT2D eigenvalue weighted by molar-refractivity contribution is 1.03. The molecule has 0 atom stereocenters. The summed E-state index contributed by atoms with van der Waals surface area (Å²) >= 11 is 6.90. The molecule has 0 aliphatic heterocycles. The van der Waals surface area contributed by atoms with Crippen LogP contribution in [-0.4, -0.2) is 18.6 Å². The summed E-state index contributed by atoms with van der Waals surface area (Å²) in [6, 6.07) is 0. The van der Waals surface area contributed by atoms with Crippen molar-refractivity contribution in [3.63, 3.8) is 0 Å². The van der Waals surface area contributed by atoms with Crippen molar-refractivity contribution >= 4 is 23.5 Å². The molecule has 0 radical (unpaired) electrons. The van der Waals surface area contributed by atoms with Crippen molar-refractivity contribution in [3.8, 4) is 0 Å². The number of halogens is 1. The normalized spacial score (nSPS) is 9.00. The van der Waals surface area contributed by atoms with E-state index in [1.165, 1.54) is 0 Å². The number of hydrogen-bond acceptors (Lipinski definition) is 2. The Kier molecular flexibility index (Phi) is 6.16. The van der Waals surface area contributed by atoms with Crippen molar-refractivity contribution in [1.29, 1.82) is 0 Å². The van der Waals surface area contributed by atoms with Gasteiger partial charge in [-0.2, -0.15) is 11.8 Å². The van der Waals surface area contributed by atoms with Gasteiger partial charge in [0.1, 0.15) is 0 Å². The van der Waals surface area contributed by atoms with E-state index in [2.05, 4.69) is 4.84 Å². The van der Waals surface area contributed by atoms with Crippen LogP contribution >= 0.6 is 23.5 Å². The molecule has 0 unspecified atom stereocenters. The Bertz CT molecular complexity index is 22.8. The highest BCUT2D eigenvalue weighted by molar-refractivity contribution is 7.98. The summed E-state index contributed by atoms with van der Waals surface area (Å²) < 4.78 is 0. The fourth-order valence-electron chi connectivity index (χ4n) is 0.141. The van der Waals surface area contributed by atoms with Crippen molar-refractivity contribution in [1.82, 2.24) is 4.84 Å². The van der Waals surface area contributed by atoms with Crippen molar-refractivity contribution in [3.05, 3.63) is 0 Å². The summed E-state index contributed by atoms with van der Waals surface area (Å²) in [7, 11) is 0. The molecule has 38 valence electrons. The van der Waals surface area contributed by atoms with Gasteiger partial charge in [-0.3, -0.25) is 0 Å². The molecule has 0 saturated heterocycles. The zero-order valence-corrected chi connectivity index (χ0v) is 5.27. The Labute approximate surface area is 47.6 Å². The summed E-state index contributed by atoms with van der Waals surface area (Å²) in [5.74, 6) is 1.09. The largest absolute Gasteiger partial charge is 0.233 e. The van der Waals surface area contributed by atoms with Gasteiger partial charge in [-0.15, -0.1) is 0 Å². The molecule has 0 aromatic carbocycles. The second-order valence-corrected chi connectivity index (χ2v) is 2.13. The molecule has 0 spiro atoms. The van der Waals surface area contributed by atoms with E-state index in [-0.39, 0.29) is 0 Å². The maximum atomic E-state index is 5.12. The van der Waals surface area contributed by atoms with Crippen LogP contribution in [0.5, 0.6) is 0 Å². The van der Waals surface area contributed by atoms with Gasteiger partial charge in [0.25, 0.3) is 0 Å². The average Bonchev–Trinajstić information content (AvgIpc) is 1.61. The van der Waals surface area contributed by atoms with Crippen LogP contribution in [0.3, 0.4) is 0 Å². The van der Waals surface area contributed by atoms with E-state index in [1.54, 1.807) is 11.8 Å². The van der Waals surface area contributed by atoms with Crippen molar-refractivity contribution < 1.29 is 0 Å². The lowest BCUT2D eigenvalue weighted by Crippen LogP contribution is -2.02. The van der Waals surface area contributed by atoms with Gasteiger partial charge in [0.2, 0.25) is 0 Å². The molecule has 0 rings (SSSR count). The van der Waals surface area contributed by atoms with Crippen LogP contribution in [0.2, 0.25) is 0 Å². The Hall–Kier alpha value is 0.600. The van der Waals surface area contributed by atoms with Gasteiger partial charge < -0.3 is 0 Å². The lowest BCUT2D eigenvalue weighted by Gasteiger charge is -1.87. The SMILES string of the molecule is CSCCNCl. The average molecular weight is 126 g/mol. The van der Waals surface area contributed by atoms with Gasteiger partial charge in [-0.25, -0.2) is 4.84 Å². The monoisotopic (exact) mass is 125 g/mol. The minimum absolute atomic E-state index is 0.892. The van der Waals surface area contributed by atoms with E-state index >= 15 is 0 Å². The Morgan fingerprint density at radius 3 is 2.67 bits per heavy atom. The summed E-state index contributed by atoms with van der Waals surface area (Å²) in [6.45, 7) is 0.892. The molecule has 0 bridgehead atoms. The molecular formula is C3H8ClNS. The molecule has 1 nitrogen and oxygen atoms in total. The molecule has 0 aliphatic rings. The Morgan fingerprint density at radius 1 is 1.83 bits per heavy atom. The van der Waals surface area contributed by atoms with E-state index in [4.69, 9.17) is 11.8 Å². The minimum atomic E-state index is 0.892. The first-order valence-electron chi connectivity index (χ1n) is 1.74. The van der Waals surface area contributed by atoms with Crippen LogP contribution in [0.1, 0.15) is 0 Å².